The van der Waals surface area contributed by atoms with Gasteiger partial charge < -0.3 is 30.7 Å². The third-order valence-electron chi connectivity index (χ3n) is 6.83. The van der Waals surface area contributed by atoms with Gasteiger partial charge in [-0.2, -0.15) is 0 Å². The van der Waals surface area contributed by atoms with Gasteiger partial charge in [-0.15, -0.1) is 0 Å². The molecule has 0 radical (unpaired) electrons. The fourth-order valence-corrected chi connectivity index (χ4v) is 4.86. The van der Waals surface area contributed by atoms with Gasteiger partial charge in [0.25, 0.3) is 0 Å². The lowest BCUT2D eigenvalue weighted by atomic mass is 9.86. The number of rotatable bonds is 21. The van der Waals surface area contributed by atoms with Crippen molar-refractivity contribution in [3.63, 3.8) is 0 Å². The maximum Gasteiger partial charge on any atom is 0.306 e. The average Bonchev–Trinajstić information content (AvgIpc) is 2.95. The van der Waals surface area contributed by atoms with Crippen molar-refractivity contribution in [2.75, 3.05) is 6.26 Å². The van der Waals surface area contributed by atoms with Crippen LogP contribution in [0.5, 0.6) is 0 Å². The summed E-state index contributed by atoms with van der Waals surface area (Å²) in [5.74, 6) is -7.06. The number of benzene rings is 1. The summed E-state index contributed by atoms with van der Waals surface area (Å²) in [6.07, 6.45) is -1.24. The second-order valence-corrected chi connectivity index (χ2v) is 14.4. The Hall–Kier alpha value is -4.24. The van der Waals surface area contributed by atoms with E-state index in [1.54, 1.807) is 44.2 Å². The van der Waals surface area contributed by atoms with E-state index in [0.29, 0.717) is 5.56 Å². The highest BCUT2D eigenvalue weighted by Crippen LogP contribution is 2.21. The van der Waals surface area contributed by atoms with Crippen molar-refractivity contribution in [1.29, 1.82) is 0 Å². The molecule has 1 aromatic carbocycles. The highest BCUT2D eigenvalue weighted by Gasteiger charge is 2.33. The lowest BCUT2D eigenvalue weighted by Crippen LogP contribution is -2.47. The molecule has 16 heteroatoms. The van der Waals surface area contributed by atoms with Crippen LogP contribution in [0.25, 0.3) is 0 Å². The molecule has 0 aliphatic carbocycles. The fraction of sp³-hybridized carbons (Fsp3) is 0.484. The van der Waals surface area contributed by atoms with E-state index in [-0.39, 0.29) is 11.0 Å². The van der Waals surface area contributed by atoms with Gasteiger partial charge in [-0.25, -0.2) is 0 Å². The van der Waals surface area contributed by atoms with Crippen LogP contribution in [0.4, 0.5) is 0 Å². The molecule has 0 saturated heterocycles. The number of esters is 1. The number of carbonyl (C=O) groups excluding carboxylic acids is 4. The fourth-order valence-electron chi connectivity index (χ4n) is 4.26. The summed E-state index contributed by atoms with van der Waals surface area (Å²) >= 11 is 6.00. The molecular formula is C31H41ClN2O12S. The predicted octanol–water partition coefficient (Wildman–Crippen LogP) is 2.18. The summed E-state index contributed by atoms with van der Waals surface area (Å²) < 4.78 is 17.1. The zero-order valence-corrected chi connectivity index (χ0v) is 27.9. The summed E-state index contributed by atoms with van der Waals surface area (Å²) in [5, 5.41) is 32.7. The van der Waals surface area contributed by atoms with Crippen LogP contribution in [0.15, 0.2) is 40.8 Å². The minimum absolute atomic E-state index is 0.124. The number of aliphatic carboxylic acids is 3. The lowest BCUT2D eigenvalue weighted by molar-refractivity contribution is -0.150. The monoisotopic (exact) mass is 700 g/mol. The smallest absolute Gasteiger partial charge is 0.306 e. The molecule has 5 N–H and O–H groups in total. The zero-order valence-electron chi connectivity index (χ0n) is 26.3. The molecule has 1 unspecified atom stereocenters. The molecule has 0 spiro atoms. The second-order valence-electron chi connectivity index (χ2n) is 11.3. The van der Waals surface area contributed by atoms with Gasteiger partial charge in [0.05, 0.1) is 41.6 Å². The molecule has 2 amide bonds. The number of carboxylic acids is 3. The van der Waals surface area contributed by atoms with Gasteiger partial charge in [0.15, 0.2) is 5.78 Å². The van der Waals surface area contributed by atoms with Gasteiger partial charge in [-0.1, -0.05) is 55.8 Å². The minimum Gasteiger partial charge on any atom is -0.481 e. The Kier molecular flexibility index (Phi) is 16.9. The third-order valence-corrected chi connectivity index (χ3v) is 8.90. The van der Waals surface area contributed by atoms with Crippen LogP contribution in [0, 0.1) is 17.8 Å². The molecule has 1 aromatic rings. The maximum atomic E-state index is 13.4. The molecule has 0 saturated carbocycles. The molecule has 0 aliphatic heterocycles. The van der Waals surface area contributed by atoms with E-state index in [1.165, 1.54) is 6.26 Å². The van der Waals surface area contributed by atoms with Crippen LogP contribution in [0.2, 0.25) is 0 Å². The number of carboxylic acid groups (broad SMARTS) is 3. The average molecular weight is 701 g/mol. The topological polar surface area (TPSA) is 231 Å². The SMILES string of the molecule is C=S(C)(=O)/C(Cl)=C/[C@H](CC(=O)O)NC(=O)[C@@H](CC(=O)[C@H](CCC(=O)O)NC(=O)[C@H](CC(=O)O)CC(=O)OCc1ccccc1)C(C)C. The first-order valence-electron chi connectivity index (χ1n) is 14.5. The highest BCUT2D eigenvalue weighted by molar-refractivity contribution is 8.04. The van der Waals surface area contributed by atoms with E-state index in [2.05, 4.69) is 16.5 Å². The van der Waals surface area contributed by atoms with E-state index in [0.717, 1.165) is 6.08 Å². The second kappa shape index (κ2) is 19.4. The predicted molar refractivity (Wildman–Crippen MR) is 173 cm³/mol. The molecule has 47 heavy (non-hydrogen) atoms. The molecular weight excluding hydrogens is 660 g/mol. The minimum atomic E-state index is -2.93. The number of ketones is 1. The van der Waals surface area contributed by atoms with Crippen LogP contribution >= 0.6 is 11.6 Å². The number of Topliss-reactive ketones (excluding diaryl/α,β-unsaturated/α-hetero) is 1. The lowest BCUT2D eigenvalue weighted by Gasteiger charge is -2.26. The van der Waals surface area contributed by atoms with Crippen LogP contribution in [0.1, 0.15) is 57.9 Å². The van der Waals surface area contributed by atoms with Crippen molar-refractivity contribution in [2.45, 2.75) is 71.1 Å². The standard InChI is InChI=1S/C31H41ClN2O12S/c1-18(2)22(31(44)33-21(15-28(40)41)14-25(32)47(3,4)45)16-24(35)23(10-11-26(36)37)34-30(43)20(12-27(38)39)13-29(42)46-17-19-8-6-5-7-9-19/h5-9,14,18,20-23H,3,10-13,15-17H2,1-2,4H3,(H,33,44)(H,34,43)(H,36,37)(H,38,39)(H,40,41)/b25-14+/t20-,21-,22+,23+,47?/m1/s1. The molecule has 0 fully saturated rings. The number of carbonyl (C=O) groups is 7. The molecule has 0 aromatic heterocycles. The first kappa shape index (κ1) is 40.8. The van der Waals surface area contributed by atoms with Crippen molar-refractivity contribution < 1.29 is 57.8 Å². The van der Waals surface area contributed by atoms with Gasteiger partial charge in [0, 0.05) is 34.5 Å². The van der Waals surface area contributed by atoms with Gasteiger partial charge in [-0.05, 0) is 29.8 Å². The Morgan fingerprint density at radius 1 is 0.894 bits per heavy atom. The van der Waals surface area contributed by atoms with Crippen molar-refractivity contribution in [1.82, 2.24) is 10.6 Å². The number of hydrogen-bond acceptors (Lipinski definition) is 9. The summed E-state index contributed by atoms with van der Waals surface area (Å²) in [7, 11) is -2.93. The zero-order chi connectivity index (χ0) is 35.9. The van der Waals surface area contributed by atoms with E-state index in [9.17, 15) is 53.1 Å². The first-order valence-corrected chi connectivity index (χ1v) is 17.0. The Balaban J connectivity index is 3.16. The van der Waals surface area contributed by atoms with Crippen molar-refractivity contribution in [3.8, 4) is 0 Å². The molecule has 5 atom stereocenters. The summed E-state index contributed by atoms with van der Waals surface area (Å²) in [6, 6.07) is 5.92. The number of halogens is 1. The Morgan fingerprint density at radius 2 is 1.49 bits per heavy atom. The largest absolute Gasteiger partial charge is 0.481 e. The molecule has 0 bridgehead atoms. The Bertz CT molecular complexity index is 1440. The Labute approximate surface area is 277 Å². The van der Waals surface area contributed by atoms with Crippen LogP contribution in [-0.2, 0) is 54.4 Å². The molecule has 0 aliphatic rings. The van der Waals surface area contributed by atoms with E-state index in [1.807, 2.05) is 0 Å². The van der Waals surface area contributed by atoms with E-state index >= 15 is 0 Å². The number of amides is 2. The maximum absolute atomic E-state index is 13.4. The third kappa shape index (κ3) is 16.2. The van der Waals surface area contributed by atoms with Gasteiger partial charge >= 0.3 is 23.9 Å². The normalized spacial score (nSPS) is 15.3. The van der Waals surface area contributed by atoms with Crippen LogP contribution in [-0.4, -0.2) is 85.2 Å². The van der Waals surface area contributed by atoms with Crippen molar-refractivity contribution >= 4 is 68.5 Å². The quantitative estimate of drug-likeness (QED) is 0.0918. The number of hydrogen-bond donors (Lipinski definition) is 5. The molecule has 0 heterocycles. The number of nitrogens with one attached hydrogen (secondary N) is 2. The van der Waals surface area contributed by atoms with Gasteiger partial charge in [0.2, 0.25) is 11.8 Å². The number of ether oxygens (including phenoxy) is 1. The van der Waals surface area contributed by atoms with Crippen LogP contribution < -0.4 is 10.6 Å². The summed E-state index contributed by atoms with van der Waals surface area (Å²) in [6.45, 7) is 3.09. The molecule has 260 valence electrons. The van der Waals surface area contributed by atoms with Gasteiger partial charge in [-0.3, -0.25) is 37.8 Å². The molecule has 1 rings (SSSR count). The van der Waals surface area contributed by atoms with Gasteiger partial charge in [0.1, 0.15) is 6.61 Å². The van der Waals surface area contributed by atoms with Crippen molar-refractivity contribution in [3.05, 3.63) is 46.3 Å². The summed E-state index contributed by atoms with van der Waals surface area (Å²) in [5.41, 5.74) is 0.656. The van der Waals surface area contributed by atoms with Crippen LogP contribution in [0.3, 0.4) is 0 Å². The van der Waals surface area contributed by atoms with Crippen molar-refractivity contribution in [2.24, 2.45) is 17.8 Å². The van der Waals surface area contributed by atoms with E-state index in [4.69, 9.17) is 16.3 Å². The summed E-state index contributed by atoms with van der Waals surface area (Å²) in [4.78, 5) is 86.5. The Morgan fingerprint density at radius 3 is 2.00 bits per heavy atom. The van der Waals surface area contributed by atoms with E-state index < -0.39 is 119 Å². The first-order chi connectivity index (χ1) is 21.8. The highest BCUT2D eigenvalue weighted by atomic mass is 35.5. The molecule has 14 nitrogen and oxygen atoms in total.